The largest absolute Gasteiger partial charge is 0.401 e. The first-order valence-corrected chi connectivity index (χ1v) is 6.04. The van der Waals surface area contributed by atoms with Crippen molar-refractivity contribution < 1.29 is 13.2 Å². The van der Waals surface area contributed by atoms with Crippen LogP contribution in [0.3, 0.4) is 0 Å². The standard InChI is InChI=1S/C10H13ClF3N5/c11-7-8(15)16-5-17-9(7)18-6-1-2-19(3-6)4-10(12,13)14/h5-6H,1-4H2,(H3,15,16,17,18)/t6-/m0/s1. The van der Waals surface area contributed by atoms with Gasteiger partial charge in [0.15, 0.2) is 5.82 Å². The molecule has 0 saturated carbocycles. The Bertz CT molecular complexity index is 453. The second-order valence-electron chi connectivity index (χ2n) is 4.40. The van der Waals surface area contributed by atoms with Crippen LogP contribution in [0.25, 0.3) is 0 Å². The highest BCUT2D eigenvalue weighted by molar-refractivity contribution is 6.35. The lowest BCUT2D eigenvalue weighted by Gasteiger charge is -2.18. The van der Waals surface area contributed by atoms with Crippen LogP contribution in [0.4, 0.5) is 24.8 Å². The van der Waals surface area contributed by atoms with Gasteiger partial charge in [-0.1, -0.05) is 11.6 Å². The van der Waals surface area contributed by atoms with Crippen LogP contribution < -0.4 is 11.1 Å². The SMILES string of the molecule is Nc1ncnc(N[C@H]2CCN(CC(F)(F)F)C2)c1Cl. The molecule has 1 aliphatic rings. The molecule has 1 aromatic heterocycles. The molecule has 0 amide bonds. The maximum atomic E-state index is 12.3. The molecule has 3 N–H and O–H groups in total. The van der Waals surface area contributed by atoms with E-state index >= 15 is 0 Å². The Kier molecular flexibility index (Phi) is 4.00. The highest BCUT2D eigenvalue weighted by atomic mass is 35.5. The Labute approximate surface area is 113 Å². The van der Waals surface area contributed by atoms with Crippen molar-refractivity contribution in [2.75, 3.05) is 30.7 Å². The smallest absolute Gasteiger partial charge is 0.382 e. The van der Waals surface area contributed by atoms with E-state index in [1.807, 2.05) is 0 Å². The fourth-order valence-corrected chi connectivity index (χ4v) is 2.18. The minimum absolute atomic E-state index is 0.130. The molecular formula is C10H13ClF3N5. The highest BCUT2D eigenvalue weighted by Crippen LogP contribution is 2.26. The first-order chi connectivity index (χ1) is 8.85. The van der Waals surface area contributed by atoms with Gasteiger partial charge < -0.3 is 11.1 Å². The molecule has 0 radical (unpaired) electrons. The van der Waals surface area contributed by atoms with Crippen molar-refractivity contribution in [3.05, 3.63) is 11.3 Å². The van der Waals surface area contributed by atoms with E-state index in [-0.39, 0.29) is 16.9 Å². The van der Waals surface area contributed by atoms with E-state index in [1.165, 1.54) is 11.2 Å². The van der Waals surface area contributed by atoms with Crippen LogP contribution >= 0.6 is 11.6 Å². The molecule has 9 heteroatoms. The molecule has 106 valence electrons. The average molecular weight is 296 g/mol. The number of likely N-dealkylation sites (tertiary alicyclic amines) is 1. The minimum atomic E-state index is -4.17. The summed E-state index contributed by atoms with van der Waals surface area (Å²) in [5, 5.41) is 3.19. The van der Waals surface area contributed by atoms with Crippen molar-refractivity contribution in [2.45, 2.75) is 18.6 Å². The van der Waals surface area contributed by atoms with Crippen LogP contribution in [0.1, 0.15) is 6.42 Å². The van der Waals surface area contributed by atoms with Crippen LogP contribution in [0, 0.1) is 0 Å². The van der Waals surface area contributed by atoms with Crippen molar-refractivity contribution in [2.24, 2.45) is 0 Å². The lowest BCUT2D eigenvalue weighted by molar-refractivity contribution is -0.143. The molecule has 1 saturated heterocycles. The van der Waals surface area contributed by atoms with Crippen LogP contribution in [0.15, 0.2) is 6.33 Å². The fourth-order valence-electron chi connectivity index (χ4n) is 2.03. The van der Waals surface area contributed by atoms with Crippen LogP contribution in [0.5, 0.6) is 0 Å². The van der Waals surface area contributed by atoms with Gasteiger partial charge in [-0.05, 0) is 6.42 Å². The Morgan fingerprint density at radius 3 is 2.89 bits per heavy atom. The van der Waals surface area contributed by atoms with E-state index < -0.39 is 12.7 Å². The number of rotatable bonds is 3. The monoisotopic (exact) mass is 295 g/mol. The molecule has 2 rings (SSSR count). The van der Waals surface area contributed by atoms with Gasteiger partial charge in [0, 0.05) is 19.1 Å². The van der Waals surface area contributed by atoms with Gasteiger partial charge in [-0.15, -0.1) is 0 Å². The maximum absolute atomic E-state index is 12.3. The van der Waals surface area contributed by atoms with Crippen molar-refractivity contribution in [1.82, 2.24) is 14.9 Å². The lowest BCUT2D eigenvalue weighted by Crippen LogP contribution is -2.34. The van der Waals surface area contributed by atoms with Gasteiger partial charge in [0.25, 0.3) is 0 Å². The second-order valence-corrected chi connectivity index (χ2v) is 4.78. The molecule has 1 aromatic rings. The normalized spacial score (nSPS) is 20.7. The number of nitrogens with two attached hydrogens (primary N) is 1. The average Bonchev–Trinajstić information content (AvgIpc) is 2.70. The molecule has 5 nitrogen and oxygen atoms in total. The molecule has 1 aliphatic heterocycles. The summed E-state index contributed by atoms with van der Waals surface area (Å²) in [6.45, 7) is -0.222. The maximum Gasteiger partial charge on any atom is 0.401 e. The first-order valence-electron chi connectivity index (χ1n) is 5.67. The van der Waals surface area contributed by atoms with Crippen molar-refractivity contribution in [3.63, 3.8) is 0 Å². The Hall–Kier alpha value is -1.28. The van der Waals surface area contributed by atoms with Gasteiger partial charge in [-0.3, -0.25) is 4.90 Å². The number of hydrogen-bond donors (Lipinski definition) is 2. The molecule has 2 heterocycles. The molecule has 0 aliphatic carbocycles. The molecule has 0 aromatic carbocycles. The molecular weight excluding hydrogens is 283 g/mol. The number of hydrogen-bond acceptors (Lipinski definition) is 5. The topological polar surface area (TPSA) is 67.1 Å². The zero-order valence-electron chi connectivity index (χ0n) is 9.91. The van der Waals surface area contributed by atoms with E-state index in [1.54, 1.807) is 0 Å². The van der Waals surface area contributed by atoms with Gasteiger partial charge >= 0.3 is 6.18 Å². The number of halogens is 4. The van der Waals surface area contributed by atoms with E-state index in [2.05, 4.69) is 15.3 Å². The summed E-state index contributed by atoms with van der Waals surface area (Å²) in [4.78, 5) is 8.98. The quantitative estimate of drug-likeness (QED) is 0.889. The number of anilines is 2. The second kappa shape index (κ2) is 5.38. The molecule has 0 bridgehead atoms. The molecule has 0 spiro atoms. The summed E-state index contributed by atoms with van der Waals surface area (Å²) < 4.78 is 36.8. The number of nitrogens with one attached hydrogen (secondary N) is 1. The lowest BCUT2D eigenvalue weighted by atomic mass is 10.2. The third-order valence-electron chi connectivity index (χ3n) is 2.83. The summed E-state index contributed by atoms with van der Waals surface area (Å²) in [7, 11) is 0. The van der Waals surface area contributed by atoms with Gasteiger partial charge in [0.05, 0.1) is 6.54 Å². The third-order valence-corrected chi connectivity index (χ3v) is 3.21. The highest BCUT2D eigenvalue weighted by Gasteiger charge is 2.34. The number of aromatic nitrogens is 2. The van der Waals surface area contributed by atoms with E-state index in [0.717, 1.165) is 0 Å². The predicted octanol–water partition coefficient (Wildman–Crippen LogP) is 1.76. The van der Waals surface area contributed by atoms with Gasteiger partial charge in [-0.25, -0.2) is 9.97 Å². The van der Waals surface area contributed by atoms with Gasteiger partial charge in [-0.2, -0.15) is 13.2 Å². The van der Waals surface area contributed by atoms with E-state index in [9.17, 15) is 13.2 Å². The minimum Gasteiger partial charge on any atom is -0.382 e. The molecule has 1 atom stereocenters. The predicted molar refractivity (Wildman–Crippen MR) is 66.0 cm³/mol. The summed E-state index contributed by atoms with van der Waals surface area (Å²) in [5.41, 5.74) is 5.52. The van der Waals surface area contributed by atoms with Crippen molar-refractivity contribution >= 4 is 23.2 Å². The summed E-state index contributed by atoms with van der Waals surface area (Å²) >= 11 is 5.91. The fraction of sp³-hybridized carbons (Fsp3) is 0.600. The molecule has 19 heavy (non-hydrogen) atoms. The third kappa shape index (κ3) is 3.84. The Morgan fingerprint density at radius 1 is 1.47 bits per heavy atom. The summed E-state index contributed by atoms with van der Waals surface area (Å²) in [6, 6.07) is -0.130. The van der Waals surface area contributed by atoms with E-state index in [0.29, 0.717) is 25.3 Å². The first kappa shape index (κ1) is 14.1. The molecule has 0 unspecified atom stereocenters. The van der Waals surface area contributed by atoms with Crippen molar-refractivity contribution in [1.29, 1.82) is 0 Å². The Balaban J connectivity index is 1.93. The van der Waals surface area contributed by atoms with Crippen LogP contribution in [-0.4, -0.2) is 46.7 Å². The van der Waals surface area contributed by atoms with Crippen LogP contribution in [-0.2, 0) is 0 Å². The van der Waals surface area contributed by atoms with Crippen molar-refractivity contribution in [3.8, 4) is 0 Å². The summed E-state index contributed by atoms with van der Waals surface area (Å²) in [6.07, 6.45) is -2.33. The molecule has 1 fully saturated rings. The Morgan fingerprint density at radius 2 is 2.21 bits per heavy atom. The summed E-state index contributed by atoms with van der Waals surface area (Å²) in [5.74, 6) is 0.498. The zero-order valence-corrected chi connectivity index (χ0v) is 10.7. The number of nitrogens with zero attached hydrogens (tertiary/aromatic N) is 3. The van der Waals surface area contributed by atoms with Gasteiger partial charge in [0.1, 0.15) is 17.2 Å². The van der Waals surface area contributed by atoms with Crippen LogP contribution in [0.2, 0.25) is 5.02 Å². The van der Waals surface area contributed by atoms with Gasteiger partial charge in [0.2, 0.25) is 0 Å². The van der Waals surface area contributed by atoms with E-state index in [4.69, 9.17) is 17.3 Å². The zero-order chi connectivity index (χ0) is 14.0. The number of nitrogen functional groups attached to an aromatic ring is 1. The number of alkyl halides is 3.